The van der Waals surface area contributed by atoms with Gasteiger partial charge in [0.05, 0.1) is 7.11 Å². The Balaban J connectivity index is 3.14. The Kier molecular flexibility index (Phi) is 3.70. The second-order valence-electron chi connectivity index (χ2n) is 2.53. The van der Waals surface area contributed by atoms with Gasteiger partial charge in [0.1, 0.15) is 6.33 Å². The zero-order valence-corrected chi connectivity index (χ0v) is 7.77. The highest BCUT2D eigenvalue weighted by Gasteiger charge is 1.81. The van der Waals surface area contributed by atoms with Crippen LogP contribution in [-0.2, 0) is 0 Å². The van der Waals surface area contributed by atoms with E-state index in [0.717, 1.165) is 5.56 Å². The first-order valence-corrected chi connectivity index (χ1v) is 3.98. The van der Waals surface area contributed by atoms with Gasteiger partial charge < -0.3 is 4.74 Å². The lowest BCUT2D eigenvalue weighted by Gasteiger charge is -1.91. The van der Waals surface area contributed by atoms with Crippen LogP contribution in [0.25, 0.3) is 0 Å². The molecular formula is C10H12N2O. The van der Waals surface area contributed by atoms with Crippen molar-refractivity contribution in [1.29, 1.82) is 0 Å². The van der Waals surface area contributed by atoms with Crippen LogP contribution in [0.3, 0.4) is 0 Å². The topological polar surface area (TPSA) is 35.0 Å². The fourth-order valence-corrected chi connectivity index (χ4v) is 0.793. The largest absolute Gasteiger partial charge is 0.481 e. The predicted octanol–water partition coefficient (Wildman–Crippen LogP) is 1.92. The molecule has 0 atom stereocenters. The number of aromatic nitrogens is 2. The molecule has 1 rings (SSSR count). The van der Waals surface area contributed by atoms with Crippen LogP contribution in [0.1, 0.15) is 5.56 Å². The summed E-state index contributed by atoms with van der Waals surface area (Å²) in [5.74, 6) is 0.543. The van der Waals surface area contributed by atoms with E-state index in [1.165, 1.54) is 6.33 Å². The lowest BCUT2D eigenvalue weighted by Crippen LogP contribution is -1.83. The minimum atomic E-state index is 0.543. The summed E-state index contributed by atoms with van der Waals surface area (Å²) in [6, 6.07) is 7.54. The van der Waals surface area contributed by atoms with E-state index in [2.05, 4.69) is 9.97 Å². The van der Waals surface area contributed by atoms with Crippen molar-refractivity contribution < 1.29 is 4.74 Å². The van der Waals surface area contributed by atoms with Crippen LogP contribution < -0.4 is 4.74 Å². The van der Waals surface area contributed by atoms with Crippen LogP contribution in [0.5, 0.6) is 5.88 Å². The second kappa shape index (κ2) is 5.09. The van der Waals surface area contributed by atoms with Crippen molar-refractivity contribution in [1.82, 2.24) is 9.97 Å². The lowest BCUT2D eigenvalue weighted by atomic mass is 10.3. The quantitative estimate of drug-likeness (QED) is 0.655. The van der Waals surface area contributed by atoms with Gasteiger partial charge in [0.25, 0.3) is 0 Å². The minimum Gasteiger partial charge on any atom is -0.481 e. The number of methoxy groups -OCH3 is 1. The SMILES string of the molecule is COc1ccccc(C)cncn1. The predicted molar refractivity (Wildman–Crippen MR) is 50.9 cm³/mol. The van der Waals surface area contributed by atoms with Gasteiger partial charge in [-0.3, -0.25) is 0 Å². The summed E-state index contributed by atoms with van der Waals surface area (Å²) >= 11 is 0. The first-order chi connectivity index (χ1) is 6.33. The van der Waals surface area contributed by atoms with Crippen LogP contribution >= 0.6 is 0 Å². The first kappa shape index (κ1) is 9.45. The Hall–Kier alpha value is -1.64. The smallest absolute Gasteiger partial charge is 0.214 e. The van der Waals surface area contributed by atoms with Crippen molar-refractivity contribution >= 4 is 0 Å². The summed E-state index contributed by atoms with van der Waals surface area (Å²) in [6.45, 7) is 1.98. The van der Waals surface area contributed by atoms with Crippen LogP contribution in [0.15, 0.2) is 36.8 Å². The standard InChI is InChI=1S/C10H12N2O/c1-9-5-3-4-6-10(13-2)12-8-11-7-9/h3-8H,1-2H3. The molecule has 1 aromatic heterocycles. The van der Waals surface area contributed by atoms with Crippen LogP contribution in [0.4, 0.5) is 0 Å². The Morgan fingerprint density at radius 1 is 1.23 bits per heavy atom. The Morgan fingerprint density at radius 2 is 2.00 bits per heavy atom. The average molecular weight is 176 g/mol. The van der Waals surface area contributed by atoms with Crippen LogP contribution in [-0.4, -0.2) is 17.1 Å². The number of ether oxygens (including phenoxy) is 1. The molecule has 0 aromatic carbocycles. The zero-order chi connectivity index (χ0) is 9.52. The van der Waals surface area contributed by atoms with Crippen LogP contribution in [0, 0.1) is 6.92 Å². The Morgan fingerprint density at radius 3 is 2.77 bits per heavy atom. The molecule has 0 saturated carbocycles. The molecule has 0 unspecified atom stereocenters. The van der Waals surface area contributed by atoms with E-state index in [4.69, 9.17) is 4.74 Å². The third kappa shape index (κ3) is 3.51. The van der Waals surface area contributed by atoms with E-state index >= 15 is 0 Å². The van der Waals surface area contributed by atoms with Gasteiger partial charge in [-0.2, -0.15) is 0 Å². The van der Waals surface area contributed by atoms with E-state index in [-0.39, 0.29) is 0 Å². The molecule has 3 heteroatoms. The maximum absolute atomic E-state index is 4.97. The number of hydrogen-bond donors (Lipinski definition) is 0. The van der Waals surface area contributed by atoms with Crippen molar-refractivity contribution in [3.63, 3.8) is 0 Å². The van der Waals surface area contributed by atoms with Gasteiger partial charge in [0.2, 0.25) is 5.88 Å². The summed E-state index contributed by atoms with van der Waals surface area (Å²) in [4.78, 5) is 7.95. The number of aryl methyl sites for hydroxylation is 1. The number of nitrogens with zero attached hydrogens (tertiary/aromatic N) is 2. The van der Waals surface area contributed by atoms with E-state index in [0.29, 0.717) is 5.88 Å². The molecule has 13 heavy (non-hydrogen) atoms. The van der Waals surface area contributed by atoms with Gasteiger partial charge >= 0.3 is 0 Å². The summed E-state index contributed by atoms with van der Waals surface area (Å²) < 4.78 is 4.97. The van der Waals surface area contributed by atoms with Gasteiger partial charge in [0, 0.05) is 12.3 Å². The first-order valence-electron chi connectivity index (χ1n) is 3.98. The highest BCUT2D eigenvalue weighted by molar-refractivity contribution is 5.09. The summed E-state index contributed by atoms with van der Waals surface area (Å²) in [6.07, 6.45) is 3.21. The third-order valence-corrected chi connectivity index (χ3v) is 1.45. The van der Waals surface area contributed by atoms with Crippen molar-refractivity contribution in [2.45, 2.75) is 6.92 Å². The fraction of sp³-hybridized carbons (Fsp3) is 0.200. The van der Waals surface area contributed by atoms with Crippen molar-refractivity contribution in [2.75, 3.05) is 7.11 Å². The molecule has 3 nitrogen and oxygen atoms in total. The minimum absolute atomic E-state index is 0.543. The van der Waals surface area contributed by atoms with Gasteiger partial charge in [-0.15, -0.1) is 0 Å². The summed E-state index contributed by atoms with van der Waals surface area (Å²) in [7, 11) is 1.58. The molecule has 0 aliphatic heterocycles. The molecule has 0 aliphatic rings. The van der Waals surface area contributed by atoms with E-state index < -0.39 is 0 Å². The molecule has 0 bridgehead atoms. The number of hydrogen-bond acceptors (Lipinski definition) is 3. The second-order valence-corrected chi connectivity index (χ2v) is 2.53. The van der Waals surface area contributed by atoms with Gasteiger partial charge in [-0.25, -0.2) is 9.97 Å². The average Bonchev–Trinajstić information content (AvgIpc) is 2.16. The maximum atomic E-state index is 4.97. The molecule has 0 spiro atoms. The molecule has 1 aromatic rings. The molecule has 0 fully saturated rings. The van der Waals surface area contributed by atoms with E-state index in [1.54, 1.807) is 19.4 Å². The van der Waals surface area contributed by atoms with Gasteiger partial charge in [-0.1, -0.05) is 18.2 Å². The van der Waals surface area contributed by atoms with Crippen LogP contribution in [0.2, 0.25) is 0 Å². The third-order valence-electron chi connectivity index (χ3n) is 1.45. The molecule has 0 amide bonds. The highest BCUT2D eigenvalue weighted by atomic mass is 16.5. The monoisotopic (exact) mass is 176 g/mol. The van der Waals surface area contributed by atoms with Gasteiger partial charge in [0.15, 0.2) is 0 Å². The Labute approximate surface area is 77.8 Å². The number of rotatable bonds is 1. The molecular weight excluding hydrogens is 164 g/mol. The van der Waals surface area contributed by atoms with Crippen molar-refractivity contribution in [3.05, 3.63) is 42.4 Å². The van der Waals surface area contributed by atoms with E-state index in [9.17, 15) is 0 Å². The normalized spacial score (nSPS) is 8.77. The highest BCUT2D eigenvalue weighted by Crippen LogP contribution is 1.98. The lowest BCUT2D eigenvalue weighted by molar-refractivity contribution is 0.398. The molecule has 0 radical (unpaired) electrons. The molecule has 0 aliphatic carbocycles. The Bertz CT molecular complexity index is 297. The molecule has 0 N–H and O–H groups in total. The summed E-state index contributed by atoms with van der Waals surface area (Å²) in [5, 5.41) is 0. The summed E-state index contributed by atoms with van der Waals surface area (Å²) in [5.41, 5.74) is 1.08. The fourth-order valence-electron chi connectivity index (χ4n) is 0.793. The maximum Gasteiger partial charge on any atom is 0.214 e. The van der Waals surface area contributed by atoms with Gasteiger partial charge in [-0.05, 0) is 12.5 Å². The zero-order valence-electron chi connectivity index (χ0n) is 7.77. The molecule has 68 valence electrons. The molecule has 0 saturated heterocycles. The van der Waals surface area contributed by atoms with Crippen molar-refractivity contribution in [3.8, 4) is 5.88 Å². The van der Waals surface area contributed by atoms with Crippen molar-refractivity contribution in [2.24, 2.45) is 0 Å². The molecule has 1 heterocycles. The van der Waals surface area contributed by atoms with E-state index in [1.807, 2.05) is 25.1 Å².